The zero-order valence-electron chi connectivity index (χ0n) is 17.4. The van der Waals surface area contributed by atoms with Crippen molar-refractivity contribution in [3.05, 3.63) is 89.5 Å². The maximum absolute atomic E-state index is 2.39. The molecule has 0 saturated carbocycles. The van der Waals surface area contributed by atoms with Crippen molar-refractivity contribution in [1.29, 1.82) is 0 Å². The third-order valence-corrected chi connectivity index (χ3v) is 6.13. The van der Waals surface area contributed by atoms with E-state index in [1.165, 1.54) is 39.9 Å². The first-order chi connectivity index (χ1) is 13.5. The molecule has 0 unspecified atom stereocenters. The zero-order valence-corrected chi connectivity index (χ0v) is 17.4. The van der Waals surface area contributed by atoms with Gasteiger partial charge in [0.25, 0.3) is 0 Å². The van der Waals surface area contributed by atoms with Gasteiger partial charge in [-0.2, -0.15) is 0 Å². The van der Waals surface area contributed by atoms with E-state index >= 15 is 0 Å². The lowest BCUT2D eigenvalue weighted by Gasteiger charge is -2.35. The molecule has 144 valence electrons. The molecule has 3 aromatic carbocycles. The Kier molecular flexibility index (Phi) is 5.23. The molecule has 2 atom stereocenters. The lowest BCUT2D eigenvalue weighted by Crippen LogP contribution is -2.35. The van der Waals surface area contributed by atoms with Crippen LogP contribution in [0.3, 0.4) is 0 Å². The smallest absolute Gasteiger partial charge is 0.0361 e. The fourth-order valence-electron chi connectivity index (χ4n) is 4.39. The molecule has 0 spiro atoms. The SMILES string of the molecule is CN(C)c1ccc(-c2cccc([C@@H]3C[C@H](N(C)C)Cc4ccccc43)c2)cc1. The number of nitrogens with zero attached hydrogens (tertiary/aromatic N) is 2. The summed E-state index contributed by atoms with van der Waals surface area (Å²) in [5, 5.41) is 0. The highest BCUT2D eigenvalue weighted by Crippen LogP contribution is 2.39. The van der Waals surface area contributed by atoms with Crippen LogP contribution in [0.5, 0.6) is 0 Å². The van der Waals surface area contributed by atoms with Crippen molar-refractivity contribution in [1.82, 2.24) is 4.90 Å². The predicted octanol–water partition coefficient (Wildman–Crippen LogP) is 5.43. The van der Waals surface area contributed by atoms with Crippen LogP contribution in [-0.2, 0) is 6.42 Å². The summed E-state index contributed by atoms with van der Waals surface area (Å²) in [5.41, 5.74) is 8.23. The highest BCUT2D eigenvalue weighted by atomic mass is 15.1. The Morgan fingerprint density at radius 2 is 1.50 bits per heavy atom. The molecule has 0 aliphatic heterocycles. The quantitative estimate of drug-likeness (QED) is 0.604. The third-order valence-electron chi connectivity index (χ3n) is 6.13. The summed E-state index contributed by atoms with van der Waals surface area (Å²) >= 11 is 0. The highest BCUT2D eigenvalue weighted by molar-refractivity contribution is 5.67. The van der Waals surface area contributed by atoms with Crippen LogP contribution in [0, 0.1) is 0 Å². The van der Waals surface area contributed by atoms with E-state index in [1.54, 1.807) is 0 Å². The molecule has 2 nitrogen and oxygen atoms in total. The fourth-order valence-corrected chi connectivity index (χ4v) is 4.39. The molecule has 0 heterocycles. The summed E-state index contributed by atoms with van der Waals surface area (Å²) in [5.74, 6) is 0.457. The molecular formula is C26H30N2. The van der Waals surface area contributed by atoms with Crippen LogP contribution in [-0.4, -0.2) is 39.1 Å². The van der Waals surface area contributed by atoms with E-state index < -0.39 is 0 Å². The molecule has 0 N–H and O–H groups in total. The summed E-state index contributed by atoms with van der Waals surface area (Å²) in [6, 6.07) is 27.6. The summed E-state index contributed by atoms with van der Waals surface area (Å²) in [4.78, 5) is 4.52. The van der Waals surface area contributed by atoms with Crippen molar-refractivity contribution < 1.29 is 0 Å². The van der Waals surface area contributed by atoms with Crippen LogP contribution < -0.4 is 4.90 Å². The highest BCUT2D eigenvalue weighted by Gasteiger charge is 2.29. The molecule has 1 aliphatic rings. The Bertz CT molecular complexity index is 941. The largest absolute Gasteiger partial charge is 0.378 e. The fraction of sp³-hybridized carbons (Fsp3) is 0.308. The molecule has 28 heavy (non-hydrogen) atoms. The van der Waals surface area contributed by atoms with E-state index in [1.807, 2.05) is 0 Å². The molecule has 0 fully saturated rings. The standard InChI is InChI=1S/C26H30N2/c1-27(2)23-14-12-19(13-15-23)20-9-7-10-21(16-20)26-18-24(28(3)4)17-22-8-5-6-11-25(22)26/h5-16,24,26H,17-18H2,1-4H3/t24-,26+/m1/s1. The number of likely N-dealkylation sites (N-methyl/N-ethyl adjacent to an activating group) is 1. The Hall–Kier alpha value is -2.58. The van der Waals surface area contributed by atoms with Crippen LogP contribution in [0.2, 0.25) is 0 Å². The van der Waals surface area contributed by atoms with Gasteiger partial charge in [0.15, 0.2) is 0 Å². The van der Waals surface area contributed by atoms with Gasteiger partial charge in [-0.15, -0.1) is 0 Å². The summed E-state index contributed by atoms with van der Waals surface area (Å²) in [7, 11) is 8.57. The maximum Gasteiger partial charge on any atom is 0.0361 e. The maximum atomic E-state index is 2.39. The van der Waals surface area contributed by atoms with Crippen molar-refractivity contribution in [3.8, 4) is 11.1 Å². The first-order valence-corrected chi connectivity index (χ1v) is 10.1. The van der Waals surface area contributed by atoms with Gasteiger partial charge in [-0.1, -0.05) is 60.7 Å². The second kappa shape index (κ2) is 7.81. The molecule has 0 amide bonds. The van der Waals surface area contributed by atoms with Crippen LogP contribution in [0.25, 0.3) is 11.1 Å². The van der Waals surface area contributed by atoms with Gasteiger partial charge in [-0.05, 0) is 66.9 Å². The molecule has 4 rings (SSSR count). The van der Waals surface area contributed by atoms with E-state index in [0.29, 0.717) is 12.0 Å². The summed E-state index contributed by atoms with van der Waals surface area (Å²) in [6.07, 6.45) is 2.32. The van der Waals surface area contributed by atoms with Crippen LogP contribution in [0.4, 0.5) is 5.69 Å². The van der Waals surface area contributed by atoms with E-state index in [-0.39, 0.29) is 0 Å². The van der Waals surface area contributed by atoms with Gasteiger partial charge in [0, 0.05) is 31.7 Å². The van der Waals surface area contributed by atoms with Gasteiger partial charge in [-0.3, -0.25) is 0 Å². The number of fused-ring (bicyclic) bond motifs is 1. The molecular weight excluding hydrogens is 340 g/mol. The van der Waals surface area contributed by atoms with Gasteiger partial charge < -0.3 is 9.80 Å². The van der Waals surface area contributed by atoms with E-state index in [0.717, 1.165) is 6.42 Å². The second-order valence-corrected chi connectivity index (χ2v) is 8.38. The van der Waals surface area contributed by atoms with Crippen molar-refractivity contribution in [2.75, 3.05) is 33.1 Å². The Morgan fingerprint density at radius 1 is 0.750 bits per heavy atom. The lowest BCUT2D eigenvalue weighted by atomic mass is 9.76. The van der Waals surface area contributed by atoms with E-state index in [4.69, 9.17) is 0 Å². The molecule has 0 aromatic heterocycles. The Labute approximate surface area is 169 Å². The molecule has 1 aliphatic carbocycles. The van der Waals surface area contributed by atoms with Crippen LogP contribution in [0.15, 0.2) is 72.8 Å². The number of hydrogen-bond acceptors (Lipinski definition) is 2. The first-order valence-electron chi connectivity index (χ1n) is 10.1. The minimum absolute atomic E-state index is 0.457. The zero-order chi connectivity index (χ0) is 19.7. The van der Waals surface area contributed by atoms with Gasteiger partial charge >= 0.3 is 0 Å². The Balaban J connectivity index is 1.70. The minimum atomic E-state index is 0.457. The van der Waals surface area contributed by atoms with Crippen LogP contribution in [0.1, 0.15) is 29.0 Å². The number of anilines is 1. The molecule has 0 radical (unpaired) electrons. The van der Waals surface area contributed by atoms with Crippen molar-refractivity contribution >= 4 is 5.69 Å². The van der Waals surface area contributed by atoms with Gasteiger partial charge in [0.05, 0.1) is 0 Å². The average Bonchev–Trinajstić information content (AvgIpc) is 2.73. The van der Waals surface area contributed by atoms with Crippen molar-refractivity contribution in [2.24, 2.45) is 0 Å². The molecule has 0 saturated heterocycles. The van der Waals surface area contributed by atoms with Gasteiger partial charge in [0.2, 0.25) is 0 Å². The van der Waals surface area contributed by atoms with E-state index in [2.05, 4.69) is 111 Å². The molecule has 0 bridgehead atoms. The average molecular weight is 371 g/mol. The monoisotopic (exact) mass is 370 g/mol. The molecule has 3 aromatic rings. The van der Waals surface area contributed by atoms with Crippen molar-refractivity contribution in [3.63, 3.8) is 0 Å². The Morgan fingerprint density at radius 3 is 2.21 bits per heavy atom. The predicted molar refractivity (Wildman–Crippen MR) is 120 cm³/mol. The van der Waals surface area contributed by atoms with E-state index in [9.17, 15) is 0 Å². The molecule has 2 heteroatoms. The summed E-state index contributed by atoms with van der Waals surface area (Å²) in [6.45, 7) is 0. The number of benzene rings is 3. The summed E-state index contributed by atoms with van der Waals surface area (Å²) < 4.78 is 0. The number of rotatable bonds is 4. The topological polar surface area (TPSA) is 6.48 Å². The van der Waals surface area contributed by atoms with Crippen molar-refractivity contribution in [2.45, 2.75) is 24.8 Å². The minimum Gasteiger partial charge on any atom is -0.378 e. The van der Waals surface area contributed by atoms with Gasteiger partial charge in [-0.25, -0.2) is 0 Å². The van der Waals surface area contributed by atoms with Gasteiger partial charge in [0.1, 0.15) is 0 Å². The first kappa shape index (κ1) is 18.8. The third kappa shape index (κ3) is 3.70. The van der Waals surface area contributed by atoms with Crippen LogP contribution >= 0.6 is 0 Å². The normalized spacial score (nSPS) is 18.8. The lowest BCUT2D eigenvalue weighted by molar-refractivity contribution is 0.258. The number of hydrogen-bond donors (Lipinski definition) is 0. The second-order valence-electron chi connectivity index (χ2n) is 8.38.